The van der Waals surface area contributed by atoms with Gasteiger partial charge in [-0.05, 0) is 48.9 Å². The van der Waals surface area contributed by atoms with Gasteiger partial charge in [-0.1, -0.05) is 19.8 Å². The van der Waals surface area contributed by atoms with E-state index in [4.69, 9.17) is 10.8 Å². The number of aromatic hydroxyl groups is 2. The Kier molecular flexibility index (Phi) is 7.02. The monoisotopic (exact) mass is 295 g/mol. The Morgan fingerprint density at radius 3 is 2.62 bits per heavy atom. The van der Waals surface area contributed by atoms with Crippen LogP contribution in [0.3, 0.4) is 0 Å². The van der Waals surface area contributed by atoms with Crippen LogP contribution in [0.4, 0.5) is 0 Å². The van der Waals surface area contributed by atoms with Gasteiger partial charge in [-0.25, -0.2) is 0 Å². The summed E-state index contributed by atoms with van der Waals surface area (Å²) in [5, 5.41) is 28.2. The summed E-state index contributed by atoms with van der Waals surface area (Å²) >= 11 is 0. The van der Waals surface area contributed by atoms with Crippen molar-refractivity contribution in [3.05, 3.63) is 23.8 Å². The maximum atomic E-state index is 11.0. The third kappa shape index (κ3) is 5.63. The standard InChI is InChI=1S/C16H25NO4/c1-2-11(8-13(10-17)16(20)21)4-3-5-12-9-14(18)6-7-15(12)19/h6-7,9,11,13,18-19H,2-5,8,10,17H2,1H3,(H,20,21). The van der Waals surface area contributed by atoms with Crippen LogP contribution in [0.2, 0.25) is 0 Å². The van der Waals surface area contributed by atoms with Gasteiger partial charge in [0.2, 0.25) is 0 Å². The van der Waals surface area contributed by atoms with Crippen LogP contribution in [-0.4, -0.2) is 27.8 Å². The van der Waals surface area contributed by atoms with E-state index in [1.54, 1.807) is 6.07 Å². The molecule has 0 radical (unpaired) electrons. The lowest BCUT2D eigenvalue weighted by Gasteiger charge is -2.18. The summed E-state index contributed by atoms with van der Waals surface area (Å²) in [6, 6.07) is 4.50. The van der Waals surface area contributed by atoms with E-state index < -0.39 is 11.9 Å². The third-order valence-electron chi connectivity index (χ3n) is 3.95. The molecule has 2 unspecified atom stereocenters. The van der Waals surface area contributed by atoms with Gasteiger partial charge in [-0.15, -0.1) is 0 Å². The molecule has 0 heterocycles. The number of hydrogen-bond donors (Lipinski definition) is 4. The predicted molar refractivity (Wildman–Crippen MR) is 81.3 cm³/mol. The quantitative estimate of drug-likeness (QED) is 0.524. The molecule has 0 bridgehead atoms. The van der Waals surface area contributed by atoms with E-state index in [1.165, 1.54) is 12.1 Å². The van der Waals surface area contributed by atoms with Crippen LogP contribution in [0.5, 0.6) is 11.5 Å². The second kappa shape index (κ2) is 8.52. The summed E-state index contributed by atoms with van der Waals surface area (Å²) in [5.41, 5.74) is 6.21. The summed E-state index contributed by atoms with van der Waals surface area (Å²) in [6.07, 6.45) is 3.89. The van der Waals surface area contributed by atoms with Crippen LogP contribution in [0.25, 0.3) is 0 Å². The average molecular weight is 295 g/mol. The zero-order valence-corrected chi connectivity index (χ0v) is 12.5. The lowest BCUT2D eigenvalue weighted by atomic mass is 9.88. The van der Waals surface area contributed by atoms with Crippen molar-refractivity contribution in [2.24, 2.45) is 17.6 Å². The van der Waals surface area contributed by atoms with E-state index >= 15 is 0 Å². The van der Waals surface area contributed by atoms with Crippen molar-refractivity contribution in [2.75, 3.05) is 6.54 Å². The SMILES string of the molecule is CCC(CCCc1cc(O)ccc1O)CC(CN)C(=O)O. The highest BCUT2D eigenvalue weighted by Gasteiger charge is 2.20. The van der Waals surface area contributed by atoms with Crippen molar-refractivity contribution >= 4 is 5.97 Å². The Morgan fingerprint density at radius 1 is 1.33 bits per heavy atom. The fourth-order valence-electron chi connectivity index (χ4n) is 2.54. The first-order valence-corrected chi connectivity index (χ1v) is 7.41. The molecule has 118 valence electrons. The average Bonchev–Trinajstić information content (AvgIpc) is 2.45. The van der Waals surface area contributed by atoms with Crippen LogP contribution in [0.15, 0.2) is 18.2 Å². The van der Waals surface area contributed by atoms with E-state index in [0.717, 1.165) is 24.8 Å². The van der Waals surface area contributed by atoms with Gasteiger partial charge in [0.25, 0.3) is 0 Å². The molecule has 0 fully saturated rings. The number of carboxylic acids is 1. The zero-order valence-electron chi connectivity index (χ0n) is 12.5. The smallest absolute Gasteiger partial charge is 0.307 e. The van der Waals surface area contributed by atoms with Crippen molar-refractivity contribution < 1.29 is 20.1 Å². The van der Waals surface area contributed by atoms with Gasteiger partial charge in [0.05, 0.1) is 5.92 Å². The van der Waals surface area contributed by atoms with E-state index in [2.05, 4.69) is 0 Å². The Labute approximate surface area is 125 Å². The second-order valence-electron chi connectivity index (χ2n) is 5.49. The second-order valence-corrected chi connectivity index (χ2v) is 5.49. The molecule has 5 heteroatoms. The molecule has 1 rings (SSSR count). The fourth-order valence-corrected chi connectivity index (χ4v) is 2.54. The fraction of sp³-hybridized carbons (Fsp3) is 0.562. The molecular formula is C16H25NO4. The number of carboxylic acid groups (broad SMARTS) is 1. The lowest BCUT2D eigenvalue weighted by molar-refractivity contribution is -0.142. The van der Waals surface area contributed by atoms with Crippen molar-refractivity contribution in [1.82, 2.24) is 0 Å². The molecule has 0 saturated carbocycles. The largest absolute Gasteiger partial charge is 0.508 e. The van der Waals surface area contributed by atoms with Gasteiger partial charge in [0.15, 0.2) is 0 Å². The maximum absolute atomic E-state index is 11.0. The summed E-state index contributed by atoms with van der Waals surface area (Å²) in [4.78, 5) is 11.0. The van der Waals surface area contributed by atoms with E-state index in [-0.39, 0.29) is 18.0 Å². The number of phenols is 2. The Bertz CT molecular complexity index is 462. The molecule has 5 N–H and O–H groups in total. The van der Waals surface area contributed by atoms with Crippen LogP contribution >= 0.6 is 0 Å². The van der Waals surface area contributed by atoms with Crippen LogP contribution < -0.4 is 5.73 Å². The molecular weight excluding hydrogens is 270 g/mol. The number of aryl methyl sites for hydroxylation is 1. The molecule has 2 atom stereocenters. The summed E-state index contributed by atoms with van der Waals surface area (Å²) in [6.45, 7) is 2.21. The van der Waals surface area contributed by atoms with E-state index in [9.17, 15) is 15.0 Å². The molecule has 0 saturated heterocycles. The van der Waals surface area contributed by atoms with Gasteiger partial charge in [-0.3, -0.25) is 4.79 Å². The van der Waals surface area contributed by atoms with Crippen molar-refractivity contribution in [2.45, 2.75) is 39.0 Å². The number of hydrogen-bond acceptors (Lipinski definition) is 4. The molecule has 1 aromatic carbocycles. The minimum atomic E-state index is -0.832. The minimum Gasteiger partial charge on any atom is -0.508 e. The summed E-state index contributed by atoms with van der Waals surface area (Å²) in [5.74, 6) is -0.671. The molecule has 0 aliphatic heterocycles. The maximum Gasteiger partial charge on any atom is 0.307 e. The normalized spacial score (nSPS) is 13.8. The first kappa shape index (κ1) is 17.3. The number of rotatable bonds is 9. The molecule has 0 aliphatic rings. The van der Waals surface area contributed by atoms with Gasteiger partial charge in [0, 0.05) is 6.54 Å². The van der Waals surface area contributed by atoms with E-state index in [0.29, 0.717) is 18.8 Å². The zero-order chi connectivity index (χ0) is 15.8. The summed E-state index contributed by atoms with van der Waals surface area (Å²) < 4.78 is 0. The molecule has 5 nitrogen and oxygen atoms in total. The van der Waals surface area contributed by atoms with E-state index in [1.807, 2.05) is 6.92 Å². The Morgan fingerprint density at radius 2 is 2.05 bits per heavy atom. The number of phenolic OH excluding ortho intramolecular Hbond substituents is 2. The summed E-state index contributed by atoms with van der Waals surface area (Å²) in [7, 11) is 0. The van der Waals surface area contributed by atoms with Crippen LogP contribution in [0.1, 0.15) is 38.2 Å². The highest BCUT2D eigenvalue weighted by molar-refractivity contribution is 5.70. The number of benzene rings is 1. The highest BCUT2D eigenvalue weighted by atomic mass is 16.4. The first-order chi connectivity index (χ1) is 9.97. The van der Waals surface area contributed by atoms with Gasteiger partial charge in [0.1, 0.15) is 11.5 Å². The molecule has 0 amide bonds. The van der Waals surface area contributed by atoms with Gasteiger partial charge in [-0.2, -0.15) is 0 Å². The highest BCUT2D eigenvalue weighted by Crippen LogP contribution is 2.26. The number of aliphatic carboxylic acids is 1. The van der Waals surface area contributed by atoms with Crippen molar-refractivity contribution in [3.63, 3.8) is 0 Å². The number of carbonyl (C=O) groups is 1. The molecule has 0 spiro atoms. The predicted octanol–water partition coefficient (Wildman–Crippen LogP) is 2.50. The molecule has 0 aromatic heterocycles. The van der Waals surface area contributed by atoms with Gasteiger partial charge >= 0.3 is 5.97 Å². The number of nitrogens with two attached hydrogens (primary N) is 1. The minimum absolute atomic E-state index is 0.143. The topological polar surface area (TPSA) is 104 Å². The molecule has 21 heavy (non-hydrogen) atoms. The Hall–Kier alpha value is -1.75. The molecule has 0 aliphatic carbocycles. The molecule has 1 aromatic rings. The van der Waals surface area contributed by atoms with Crippen LogP contribution in [-0.2, 0) is 11.2 Å². The third-order valence-corrected chi connectivity index (χ3v) is 3.95. The van der Waals surface area contributed by atoms with Crippen molar-refractivity contribution in [1.29, 1.82) is 0 Å². The van der Waals surface area contributed by atoms with Crippen LogP contribution in [0, 0.1) is 11.8 Å². The lowest BCUT2D eigenvalue weighted by Crippen LogP contribution is -2.25. The first-order valence-electron chi connectivity index (χ1n) is 7.41. The Balaban J connectivity index is 2.48. The van der Waals surface area contributed by atoms with Crippen molar-refractivity contribution in [3.8, 4) is 11.5 Å². The van der Waals surface area contributed by atoms with Gasteiger partial charge < -0.3 is 21.1 Å².